The minimum Gasteiger partial charge on any atom is -0.328 e. The van der Waals surface area contributed by atoms with Crippen LogP contribution in [0.4, 0.5) is 0 Å². The summed E-state index contributed by atoms with van der Waals surface area (Å²) in [6, 6.07) is 8.81. The molecule has 3 heteroatoms. The third-order valence-corrected chi connectivity index (χ3v) is 1.57. The molecule has 0 atom stereocenters. The zero-order chi connectivity index (χ0) is 10.4. The van der Waals surface area contributed by atoms with E-state index in [4.69, 9.17) is 0 Å². The largest absolute Gasteiger partial charge is 0.328 e. The smallest absolute Gasteiger partial charge is 0.255 e. The summed E-state index contributed by atoms with van der Waals surface area (Å²) in [5.74, 6) is -0.318. The number of hydrogen-bond donors (Lipinski definition) is 1. The van der Waals surface area contributed by atoms with Crippen LogP contribution in [0.1, 0.15) is 17.3 Å². The zero-order valence-corrected chi connectivity index (χ0v) is 7.86. The fourth-order valence-corrected chi connectivity index (χ4v) is 0.908. The highest BCUT2D eigenvalue weighted by molar-refractivity contribution is 5.95. The van der Waals surface area contributed by atoms with E-state index < -0.39 is 0 Å². The van der Waals surface area contributed by atoms with Gasteiger partial charge in [-0.1, -0.05) is 18.2 Å². The highest BCUT2D eigenvalue weighted by atomic mass is 16.1. The van der Waals surface area contributed by atoms with E-state index in [0.29, 0.717) is 5.56 Å². The molecule has 1 aromatic rings. The molecular weight excluding hydrogens is 178 g/mol. The Labute approximate surface area is 82.4 Å². The molecule has 1 amide bonds. The first kappa shape index (κ1) is 10.2. The Hall–Kier alpha value is -1.90. The van der Waals surface area contributed by atoms with Crippen molar-refractivity contribution in [3.05, 3.63) is 48.2 Å². The number of hydrogen-bond acceptors (Lipinski definition) is 2. The SMILES string of the molecule is CC(=O)C=CNC(=O)c1ccccc1. The zero-order valence-electron chi connectivity index (χ0n) is 7.86. The van der Waals surface area contributed by atoms with Gasteiger partial charge in [0.1, 0.15) is 0 Å². The maximum atomic E-state index is 11.4. The lowest BCUT2D eigenvalue weighted by molar-refractivity contribution is -0.112. The van der Waals surface area contributed by atoms with Gasteiger partial charge in [0.25, 0.3) is 5.91 Å². The van der Waals surface area contributed by atoms with Crippen molar-refractivity contribution in [2.75, 3.05) is 0 Å². The van der Waals surface area contributed by atoms with Crippen LogP contribution in [0.2, 0.25) is 0 Å². The maximum absolute atomic E-state index is 11.4. The Kier molecular flexibility index (Phi) is 3.61. The van der Waals surface area contributed by atoms with Crippen LogP contribution in [0, 0.1) is 0 Å². The predicted molar refractivity (Wildman–Crippen MR) is 53.7 cm³/mol. The van der Waals surface area contributed by atoms with E-state index in [1.165, 1.54) is 19.2 Å². The summed E-state index contributed by atoms with van der Waals surface area (Å²) in [7, 11) is 0. The summed E-state index contributed by atoms with van der Waals surface area (Å²) in [6.07, 6.45) is 2.65. The molecule has 1 N–H and O–H groups in total. The summed E-state index contributed by atoms with van der Waals surface area (Å²) in [5.41, 5.74) is 0.570. The van der Waals surface area contributed by atoms with Gasteiger partial charge in [-0.2, -0.15) is 0 Å². The van der Waals surface area contributed by atoms with Gasteiger partial charge in [0.2, 0.25) is 0 Å². The van der Waals surface area contributed by atoms with Gasteiger partial charge in [0.05, 0.1) is 0 Å². The van der Waals surface area contributed by atoms with Gasteiger partial charge in [0.15, 0.2) is 5.78 Å². The third-order valence-electron chi connectivity index (χ3n) is 1.57. The van der Waals surface area contributed by atoms with Crippen molar-refractivity contribution in [3.8, 4) is 0 Å². The molecule has 0 bridgehead atoms. The number of rotatable bonds is 3. The molecule has 0 radical (unpaired) electrons. The van der Waals surface area contributed by atoms with Crippen molar-refractivity contribution >= 4 is 11.7 Å². The van der Waals surface area contributed by atoms with E-state index in [1.54, 1.807) is 24.3 Å². The van der Waals surface area contributed by atoms with Crippen LogP contribution in [0.15, 0.2) is 42.6 Å². The Morgan fingerprint density at radius 3 is 2.43 bits per heavy atom. The lowest BCUT2D eigenvalue weighted by Gasteiger charge is -1.98. The molecule has 0 unspecified atom stereocenters. The molecule has 0 fully saturated rings. The van der Waals surface area contributed by atoms with Crippen LogP contribution in [-0.2, 0) is 4.79 Å². The normalized spacial score (nSPS) is 10.1. The van der Waals surface area contributed by atoms with E-state index >= 15 is 0 Å². The van der Waals surface area contributed by atoms with E-state index in [1.807, 2.05) is 6.07 Å². The Balaban J connectivity index is 2.56. The molecule has 72 valence electrons. The monoisotopic (exact) mass is 189 g/mol. The maximum Gasteiger partial charge on any atom is 0.255 e. The minimum atomic E-state index is -0.219. The molecule has 1 rings (SSSR count). The van der Waals surface area contributed by atoms with E-state index in [9.17, 15) is 9.59 Å². The number of nitrogens with one attached hydrogen (secondary N) is 1. The van der Waals surface area contributed by atoms with Gasteiger partial charge in [-0.25, -0.2) is 0 Å². The summed E-state index contributed by atoms with van der Waals surface area (Å²) < 4.78 is 0. The van der Waals surface area contributed by atoms with Crippen molar-refractivity contribution in [1.82, 2.24) is 5.32 Å². The average Bonchev–Trinajstić information content (AvgIpc) is 2.18. The fourth-order valence-electron chi connectivity index (χ4n) is 0.908. The van der Waals surface area contributed by atoms with Crippen molar-refractivity contribution in [3.63, 3.8) is 0 Å². The molecule has 0 aliphatic heterocycles. The lowest BCUT2D eigenvalue weighted by atomic mass is 10.2. The highest BCUT2D eigenvalue weighted by Gasteiger charge is 2.00. The first-order valence-corrected chi connectivity index (χ1v) is 4.23. The summed E-state index contributed by atoms with van der Waals surface area (Å²) in [6.45, 7) is 1.42. The topological polar surface area (TPSA) is 46.2 Å². The number of carbonyl (C=O) groups is 2. The summed E-state index contributed by atoms with van der Waals surface area (Å²) >= 11 is 0. The van der Waals surface area contributed by atoms with Crippen LogP contribution < -0.4 is 5.32 Å². The summed E-state index contributed by atoms with van der Waals surface area (Å²) in [4.78, 5) is 21.9. The Morgan fingerprint density at radius 2 is 1.86 bits per heavy atom. The summed E-state index contributed by atoms with van der Waals surface area (Å²) in [5, 5.41) is 2.49. The first-order chi connectivity index (χ1) is 6.70. The van der Waals surface area contributed by atoms with Crippen molar-refractivity contribution in [2.24, 2.45) is 0 Å². The van der Waals surface area contributed by atoms with Crippen molar-refractivity contribution in [2.45, 2.75) is 6.92 Å². The van der Waals surface area contributed by atoms with Gasteiger partial charge < -0.3 is 5.32 Å². The molecule has 0 spiro atoms. The third kappa shape index (κ3) is 3.23. The van der Waals surface area contributed by atoms with E-state index in [0.717, 1.165) is 0 Å². The van der Waals surface area contributed by atoms with Crippen LogP contribution in [-0.4, -0.2) is 11.7 Å². The number of allylic oxidation sites excluding steroid dienone is 1. The lowest BCUT2D eigenvalue weighted by Crippen LogP contribution is -2.16. The van der Waals surface area contributed by atoms with Gasteiger partial charge in [-0.15, -0.1) is 0 Å². The standard InChI is InChI=1S/C11H11NO2/c1-9(13)7-8-12-11(14)10-5-3-2-4-6-10/h2-8H,1H3,(H,12,14). The van der Waals surface area contributed by atoms with Crippen LogP contribution in [0.5, 0.6) is 0 Å². The molecule has 0 aliphatic carbocycles. The minimum absolute atomic E-state index is 0.0987. The average molecular weight is 189 g/mol. The molecule has 0 heterocycles. The number of amides is 1. The molecule has 3 nitrogen and oxygen atoms in total. The van der Waals surface area contributed by atoms with Gasteiger partial charge >= 0.3 is 0 Å². The molecule has 0 aromatic heterocycles. The quantitative estimate of drug-likeness (QED) is 0.733. The van der Waals surface area contributed by atoms with E-state index in [2.05, 4.69) is 5.32 Å². The molecule has 0 saturated heterocycles. The second kappa shape index (κ2) is 4.97. The van der Waals surface area contributed by atoms with Crippen LogP contribution in [0.3, 0.4) is 0 Å². The first-order valence-electron chi connectivity index (χ1n) is 4.23. The number of carbonyl (C=O) groups excluding carboxylic acids is 2. The van der Waals surface area contributed by atoms with Crippen LogP contribution in [0.25, 0.3) is 0 Å². The van der Waals surface area contributed by atoms with Gasteiger partial charge in [-0.3, -0.25) is 9.59 Å². The van der Waals surface area contributed by atoms with Crippen molar-refractivity contribution in [1.29, 1.82) is 0 Å². The number of benzene rings is 1. The second-order valence-electron chi connectivity index (χ2n) is 2.78. The molecule has 0 saturated carbocycles. The highest BCUT2D eigenvalue weighted by Crippen LogP contribution is 1.97. The molecule has 14 heavy (non-hydrogen) atoms. The Bertz CT molecular complexity index is 355. The van der Waals surface area contributed by atoms with Gasteiger partial charge in [0, 0.05) is 11.8 Å². The predicted octanol–water partition coefficient (Wildman–Crippen LogP) is 1.52. The Morgan fingerprint density at radius 1 is 1.21 bits per heavy atom. The fraction of sp³-hybridized carbons (Fsp3) is 0.0909. The number of ketones is 1. The second-order valence-corrected chi connectivity index (χ2v) is 2.78. The molecule has 0 aliphatic rings. The molecular formula is C11H11NO2. The molecule has 1 aromatic carbocycles. The van der Waals surface area contributed by atoms with Gasteiger partial charge in [-0.05, 0) is 25.1 Å². The van der Waals surface area contributed by atoms with Crippen molar-refractivity contribution < 1.29 is 9.59 Å². The van der Waals surface area contributed by atoms with Crippen LogP contribution >= 0.6 is 0 Å². The van der Waals surface area contributed by atoms with E-state index in [-0.39, 0.29) is 11.7 Å².